The molecule has 6 nitrogen and oxygen atoms in total. The quantitative estimate of drug-likeness (QED) is 0.327. The van der Waals surface area contributed by atoms with Crippen molar-refractivity contribution in [3.05, 3.63) is 65.2 Å². The molecule has 2 aromatic carbocycles. The number of aliphatic imine (C=N–C) groups is 1. The highest BCUT2D eigenvalue weighted by atomic mass is 16.5. The third-order valence-corrected chi connectivity index (χ3v) is 4.77. The van der Waals surface area contributed by atoms with Crippen molar-refractivity contribution in [1.29, 1.82) is 0 Å². The highest BCUT2D eigenvalue weighted by molar-refractivity contribution is 5.93. The van der Waals surface area contributed by atoms with Crippen molar-refractivity contribution in [1.82, 2.24) is 15.5 Å². The summed E-state index contributed by atoms with van der Waals surface area (Å²) in [6.45, 7) is 7.12. The van der Waals surface area contributed by atoms with Crippen LogP contribution in [-0.2, 0) is 13.0 Å². The normalized spacial score (nSPS) is 11.2. The van der Waals surface area contributed by atoms with Gasteiger partial charge in [0, 0.05) is 32.7 Å². The highest BCUT2D eigenvalue weighted by Crippen LogP contribution is 2.13. The van der Waals surface area contributed by atoms with Gasteiger partial charge in [0.2, 0.25) is 0 Å². The number of amides is 1. The smallest absolute Gasteiger partial charge is 0.253 e. The number of unbranched alkanes of at least 4 members (excludes halogenated alkanes) is 1. The summed E-state index contributed by atoms with van der Waals surface area (Å²) < 4.78 is 5.72. The van der Waals surface area contributed by atoms with Gasteiger partial charge in [-0.25, -0.2) is 4.99 Å². The van der Waals surface area contributed by atoms with Crippen LogP contribution in [0, 0.1) is 0 Å². The van der Waals surface area contributed by atoms with Gasteiger partial charge in [-0.1, -0.05) is 37.6 Å². The fourth-order valence-electron chi connectivity index (χ4n) is 2.93. The minimum absolute atomic E-state index is 0.00520. The molecule has 2 N–H and O–H groups in total. The standard InChI is InChI=1S/C25H36N4O2/c1-5-7-18-31-23-14-10-20(11-15-23)16-17-27-25(26-6-2)28-19-21-8-12-22(13-9-21)24(30)29(3)4/h8-15H,5-7,16-19H2,1-4H3,(H2,26,27,28). The average Bonchev–Trinajstić information content (AvgIpc) is 2.78. The molecular weight excluding hydrogens is 388 g/mol. The van der Waals surface area contributed by atoms with Crippen molar-refractivity contribution in [2.75, 3.05) is 33.8 Å². The van der Waals surface area contributed by atoms with Crippen LogP contribution in [0.5, 0.6) is 5.75 Å². The summed E-state index contributed by atoms with van der Waals surface area (Å²) in [6, 6.07) is 15.9. The van der Waals surface area contributed by atoms with Gasteiger partial charge in [0.05, 0.1) is 13.2 Å². The molecule has 168 valence electrons. The average molecular weight is 425 g/mol. The van der Waals surface area contributed by atoms with Crippen LogP contribution in [-0.4, -0.2) is 50.6 Å². The Hall–Kier alpha value is -3.02. The number of guanidine groups is 1. The van der Waals surface area contributed by atoms with Crippen molar-refractivity contribution in [2.45, 2.75) is 39.7 Å². The van der Waals surface area contributed by atoms with Crippen LogP contribution >= 0.6 is 0 Å². The van der Waals surface area contributed by atoms with Crippen LogP contribution in [0.3, 0.4) is 0 Å². The van der Waals surface area contributed by atoms with Crippen LogP contribution < -0.4 is 15.4 Å². The lowest BCUT2D eigenvalue weighted by atomic mass is 10.1. The van der Waals surface area contributed by atoms with E-state index in [4.69, 9.17) is 4.74 Å². The van der Waals surface area contributed by atoms with E-state index in [1.807, 2.05) is 36.4 Å². The molecule has 0 unspecified atom stereocenters. The van der Waals surface area contributed by atoms with Crippen LogP contribution in [0.4, 0.5) is 0 Å². The summed E-state index contributed by atoms with van der Waals surface area (Å²) in [6.07, 6.45) is 3.12. The second-order valence-electron chi connectivity index (χ2n) is 7.61. The molecule has 0 aliphatic heterocycles. The Kier molecular flexibility index (Phi) is 10.4. The SMILES string of the molecule is CCCCOc1ccc(CCNC(=NCc2ccc(C(=O)N(C)C)cc2)NCC)cc1. The van der Waals surface area contributed by atoms with Gasteiger partial charge in [0.15, 0.2) is 5.96 Å². The molecule has 0 bridgehead atoms. The van der Waals surface area contributed by atoms with Gasteiger partial charge in [-0.05, 0) is 55.2 Å². The molecule has 0 aliphatic rings. The van der Waals surface area contributed by atoms with Crippen molar-refractivity contribution in [2.24, 2.45) is 4.99 Å². The summed E-state index contributed by atoms with van der Waals surface area (Å²) in [5, 5.41) is 6.67. The van der Waals surface area contributed by atoms with E-state index in [0.717, 1.165) is 56.2 Å². The second kappa shape index (κ2) is 13.3. The first-order valence-corrected chi connectivity index (χ1v) is 11.1. The molecule has 0 atom stereocenters. The molecule has 2 aromatic rings. The van der Waals surface area contributed by atoms with Gasteiger partial charge in [0.25, 0.3) is 5.91 Å². The van der Waals surface area contributed by atoms with Gasteiger partial charge in [-0.15, -0.1) is 0 Å². The number of benzene rings is 2. The Morgan fingerprint density at radius 3 is 2.26 bits per heavy atom. The molecule has 0 aliphatic carbocycles. The van der Waals surface area contributed by atoms with Crippen LogP contribution in [0.2, 0.25) is 0 Å². The zero-order valence-corrected chi connectivity index (χ0v) is 19.3. The minimum Gasteiger partial charge on any atom is -0.494 e. The van der Waals surface area contributed by atoms with Crippen molar-refractivity contribution < 1.29 is 9.53 Å². The Balaban J connectivity index is 1.84. The summed E-state index contributed by atoms with van der Waals surface area (Å²) >= 11 is 0. The predicted molar refractivity (Wildman–Crippen MR) is 128 cm³/mol. The number of nitrogens with one attached hydrogen (secondary N) is 2. The van der Waals surface area contributed by atoms with Gasteiger partial charge < -0.3 is 20.3 Å². The number of hydrogen-bond acceptors (Lipinski definition) is 3. The van der Waals surface area contributed by atoms with Crippen LogP contribution in [0.25, 0.3) is 0 Å². The van der Waals surface area contributed by atoms with E-state index in [-0.39, 0.29) is 5.91 Å². The Morgan fingerprint density at radius 2 is 1.65 bits per heavy atom. The lowest BCUT2D eigenvalue weighted by molar-refractivity contribution is 0.0827. The molecule has 0 aromatic heterocycles. The van der Waals surface area contributed by atoms with E-state index in [1.54, 1.807) is 19.0 Å². The zero-order valence-electron chi connectivity index (χ0n) is 19.3. The van der Waals surface area contributed by atoms with Crippen molar-refractivity contribution in [3.63, 3.8) is 0 Å². The monoisotopic (exact) mass is 424 g/mol. The number of carbonyl (C=O) groups excluding carboxylic acids is 1. The predicted octanol–water partition coefficient (Wildman–Crippen LogP) is 3.87. The van der Waals surface area contributed by atoms with Gasteiger partial charge >= 0.3 is 0 Å². The third kappa shape index (κ3) is 8.70. The Labute approximate surface area is 186 Å². The fourth-order valence-corrected chi connectivity index (χ4v) is 2.93. The van der Waals surface area contributed by atoms with Gasteiger partial charge in [0.1, 0.15) is 5.75 Å². The molecule has 6 heteroatoms. The molecule has 0 radical (unpaired) electrons. The number of nitrogens with zero attached hydrogens (tertiary/aromatic N) is 2. The molecule has 31 heavy (non-hydrogen) atoms. The van der Waals surface area contributed by atoms with Crippen molar-refractivity contribution in [3.8, 4) is 5.75 Å². The molecule has 0 saturated carbocycles. The first-order chi connectivity index (χ1) is 15.0. The van der Waals surface area contributed by atoms with E-state index in [1.165, 1.54) is 5.56 Å². The Bertz CT molecular complexity index is 814. The second-order valence-corrected chi connectivity index (χ2v) is 7.61. The fraction of sp³-hybridized carbons (Fsp3) is 0.440. The Morgan fingerprint density at radius 1 is 0.968 bits per heavy atom. The maximum absolute atomic E-state index is 12.0. The molecule has 0 heterocycles. The number of hydrogen-bond donors (Lipinski definition) is 2. The number of ether oxygens (including phenoxy) is 1. The lowest BCUT2D eigenvalue weighted by Gasteiger charge is -2.12. The largest absolute Gasteiger partial charge is 0.494 e. The van der Waals surface area contributed by atoms with E-state index in [9.17, 15) is 4.79 Å². The van der Waals surface area contributed by atoms with Crippen LogP contribution in [0.15, 0.2) is 53.5 Å². The summed E-state index contributed by atoms with van der Waals surface area (Å²) in [4.78, 5) is 18.2. The number of carbonyl (C=O) groups is 1. The van der Waals surface area contributed by atoms with Crippen molar-refractivity contribution >= 4 is 11.9 Å². The molecular formula is C25H36N4O2. The zero-order chi connectivity index (χ0) is 22.5. The summed E-state index contributed by atoms with van der Waals surface area (Å²) in [7, 11) is 3.51. The van der Waals surface area contributed by atoms with E-state index in [0.29, 0.717) is 12.1 Å². The van der Waals surface area contributed by atoms with Crippen LogP contribution in [0.1, 0.15) is 48.2 Å². The molecule has 1 amide bonds. The van der Waals surface area contributed by atoms with E-state index in [2.05, 4.69) is 41.6 Å². The molecule has 0 saturated heterocycles. The minimum atomic E-state index is 0.00520. The molecule has 2 rings (SSSR count). The molecule has 0 spiro atoms. The van der Waals surface area contributed by atoms with Gasteiger partial charge in [-0.3, -0.25) is 4.79 Å². The first-order valence-electron chi connectivity index (χ1n) is 11.1. The molecule has 0 fully saturated rings. The first kappa shape index (κ1) is 24.3. The topological polar surface area (TPSA) is 66.0 Å². The highest BCUT2D eigenvalue weighted by Gasteiger charge is 2.07. The summed E-state index contributed by atoms with van der Waals surface area (Å²) in [5.41, 5.74) is 3.00. The summed E-state index contributed by atoms with van der Waals surface area (Å²) in [5.74, 6) is 1.72. The third-order valence-electron chi connectivity index (χ3n) is 4.77. The number of rotatable bonds is 11. The maximum Gasteiger partial charge on any atom is 0.253 e. The van der Waals surface area contributed by atoms with E-state index >= 15 is 0 Å². The van der Waals surface area contributed by atoms with Gasteiger partial charge in [-0.2, -0.15) is 0 Å². The van der Waals surface area contributed by atoms with E-state index < -0.39 is 0 Å². The maximum atomic E-state index is 12.0. The lowest BCUT2D eigenvalue weighted by Crippen LogP contribution is -2.38.